The van der Waals surface area contributed by atoms with E-state index in [9.17, 15) is 14.7 Å². The Morgan fingerprint density at radius 3 is 2.65 bits per heavy atom. The summed E-state index contributed by atoms with van der Waals surface area (Å²) >= 11 is 0. The van der Waals surface area contributed by atoms with Crippen LogP contribution in [0.4, 0.5) is 4.79 Å². The van der Waals surface area contributed by atoms with Crippen LogP contribution in [-0.2, 0) is 4.74 Å². The summed E-state index contributed by atoms with van der Waals surface area (Å²) in [7, 11) is 1.45. The number of methoxy groups -OCH3 is 1. The number of hydrogen-bond acceptors (Lipinski definition) is 5. The molecule has 0 atom stereocenters. The van der Waals surface area contributed by atoms with E-state index >= 15 is 0 Å². The molecule has 0 saturated carbocycles. The van der Waals surface area contributed by atoms with Crippen LogP contribution in [0.2, 0.25) is 0 Å². The first-order chi connectivity index (χ1) is 11.1. The normalized spacial score (nSPS) is 15.1. The molecule has 0 aliphatic carbocycles. The molecule has 1 fully saturated rings. The van der Waals surface area contributed by atoms with Gasteiger partial charge in [0.1, 0.15) is 17.1 Å². The zero-order chi connectivity index (χ0) is 16.8. The van der Waals surface area contributed by atoms with E-state index in [1.54, 1.807) is 24.0 Å². The quantitative estimate of drug-likeness (QED) is 0.882. The molecule has 1 saturated heterocycles. The van der Waals surface area contributed by atoms with Crippen molar-refractivity contribution in [3.63, 3.8) is 0 Å². The molecule has 1 aliphatic rings. The van der Waals surface area contributed by atoms with E-state index in [-0.39, 0.29) is 29.4 Å². The van der Waals surface area contributed by atoms with Gasteiger partial charge in [-0.25, -0.2) is 4.79 Å². The van der Waals surface area contributed by atoms with Crippen LogP contribution in [0.15, 0.2) is 18.2 Å². The Labute approximate surface area is 135 Å². The van der Waals surface area contributed by atoms with Crippen LogP contribution < -0.4 is 10.1 Å². The van der Waals surface area contributed by atoms with Gasteiger partial charge in [0.25, 0.3) is 5.91 Å². The number of rotatable bonds is 4. The third-order valence-electron chi connectivity index (χ3n) is 3.81. The van der Waals surface area contributed by atoms with Crippen molar-refractivity contribution in [1.82, 2.24) is 10.2 Å². The molecule has 126 valence electrons. The summed E-state index contributed by atoms with van der Waals surface area (Å²) in [5.41, 5.74) is 0.128. The Balaban J connectivity index is 1.94. The molecule has 0 radical (unpaired) electrons. The van der Waals surface area contributed by atoms with Gasteiger partial charge in [-0.05, 0) is 31.9 Å². The maximum atomic E-state index is 12.4. The molecule has 23 heavy (non-hydrogen) atoms. The number of ether oxygens (including phenoxy) is 2. The highest BCUT2D eigenvalue weighted by Crippen LogP contribution is 2.27. The first kappa shape index (κ1) is 16.9. The van der Waals surface area contributed by atoms with Crippen LogP contribution in [-0.4, -0.2) is 54.9 Å². The van der Waals surface area contributed by atoms with Crippen LogP contribution in [0.3, 0.4) is 0 Å². The van der Waals surface area contributed by atoms with Gasteiger partial charge in [-0.3, -0.25) is 4.79 Å². The zero-order valence-corrected chi connectivity index (χ0v) is 13.4. The number of nitrogens with zero attached hydrogens (tertiary/aromatic N) is 1. The number of amides is 2. The number of nitrogens with one attached hydrogen (secondary N) is 1. The van der Waals surface area contributed by atoms with E-state index in [4.69, 9.17) is 9.47 Å². The molecule has 0 unspecified atom stereocenters. The molecule has 7 nitrogen and oxygen atoms in total. The van der Waals surface area contributed by atoms with Gasteiger partial charge < -0.3 is 24.8 Å². The SMILES string of the molecule is CCOC(=O)N1CCC(NC(=O)c2c(O)cccc2OC)CC1. The number of carbonyl (C=O) groups excluding carboxylic acids is 2. The van der Waals surface area contributed by atoms with Gasteiger partial charge in [0.2, 0.25) is 0 Å². The third-order valence-corrected chi connectivity index (χ3v) is 3.81. The average molecular weight is 322 g/mol. The number of piperidine rings is 1. The van der Waals surface area contributed by atoms with Crippen molar-refractivity contribution in [2.24, 2.45) is 0 Å². The highest BCUT2D eigenvalue weighted by Gasteiger charge is 2.26. The number of aromatic hydroxyl groups is 1. The smallest absolute Gasteiger partial charge is 0.409 e. The van der Waals surface area contributed by atoms with Crippen LogP contribution in [0.1, 0.15) is 30.1 Å². The molecule has 1 aliphatic heterocycles. The first-order valence-electron chi connectivity index (χ1n) is 7.65. The number of phenols is 1. The predicted molar refractivity (Wildman–Crippen MR) is 83.7 cm³/mol. The molecular weight excluding hydrogens is 300 g/mol. The van der Waals surface area contributed by atoms with E-state index in [1.807, 2.05) is 0 Å². The predicted octanol–water partition coefficient (Wildman–Crippen LogP) is 1.75. The van der Waals surface area contributed by atoms with Crippen molar-refractivity contribution in [2.75, 3.05) is 26.8 Å². The lowest BCUT2D eigenvalue weighted by atomic mass is 10.0. The van der Waals surface area contributed by atoms with Crippen molar-refractivity contribution < 1.29 is 24.2 Å². The molecule has 1 heterocycles. The van der Waals surface area contributed by atoms with Gasteiger partial charge in [-0.1, -0.05) is 6.07 Å². The molecular formula is C16H22N2O5. The summed E-state index contributed by atoms with van der Waals surface area (Å²) in [6, 6.07) is 4.62. The largest absolute Gasteiger partial charge is 0.507 e. The zero-order valence-electron chi connectivity index (χ0n) is 13.4. The fraction of sp³-hybridized carbons (Fsp3) is 0.500. The molecule has 2 amide bonds. The van der Waals surface area contributed by atoms with E-state index in [0.29, 0.717) is 38.3 Å². The van der Waals surface area contributed by atoms with E-state index in [0.717, 1.165) is 0 Å². The lowest BCUT2D eigenvalue weighted by Crippen LogP contribution is -2.46. The van der Waals surface area contributed by atoms with Gasteiger partial charge in [0.05, 0.1) is 13.7 Å². The van der Waals surface area contributed by atoms with E-state index < -0.39 is 0 Å². The number of carbonyl (C=O) groups is 2. The molecule has 1 aromatic carbocycles. The summed E-state index contributed by atoms with van der Waals surface area (Å²) in [5.74, 6) is -0.174. The fourth-order valence-corrected chi connectivity index (χ4v) is 2.60. The van der Waals surface area contributed by atoms with Crippen molar-refractivity contribution in [2.45, 2.75) is 25.8 Å². The number of benzene rings is 1. The summed E-state index contributed by atoms with van der Waals surface area (Å²) < 4.78 is 10.1. The Bertz CT molecular complexity index is 568. The fourth-order valence-electron chi connectivity index (χ4n) is 2.60. The summed E-state index contributed by atoms with van der Waals surface area (Å²) in [6.07, 6.45) is 0.959. The lowest BCUT2D eigenvalue weighted by Gasteiger charge is -2.31. The van der Waals surface area contributed by atoms with Gasteiger partial charge >= 0.3 is 6.09 Å². The molecule has 0 spiro atoms. The van der Waals surface area contributed by atoms with Gasteiger partial charge in [-0.2, -0.15) is 0 Å². The second kappa shape index (κ2) is 7.71. The van der Waals surface area contributed by atoms with Crippen molar-refractivity contribution in [3.8, 4) is 11.5 Å². The van der Waals surface area contributed by atoms with Crippen molar-refractivity contribution in [3.05, 3.63) is 23.8 Å². The minimum atomic E-state index is -0.380. The maximum Gasteiger partial charge on any atom is 0.409 e. The van der Waals surface area contributed by atoms with Crippen LogP contribution in [0, 0.1) is 0 Å². The molecule has 0 aromatic heterocycles. The topological polar surface area (TPSA) is 88.1 Å². The summed E-state index contributed by atoms with van der Waals surface area (Å²) in [4.78, 5) is 25.7. The average Bonchev–Trinajstić information content (AvgIpc) is 2.55. The monoisotopic (exact) mass is 322 g/mol. The minimum Gasteiger partial charge on any atom is -0.507 e. The highest BCUT2D eigenvalue weighted by molar-refractivity contribution is 5.99. The maximum absolute atomic E-state index is 12.4. The molecule has 0 bridgehead atoms. The number of likely N-dealkylation sites (tertiary alicyclic amines) is 1. The highest BCUT2D eigenvalue weighted by atomic mass is 16.6. The van der Waals surface area contributed by atoms with Gasteiger partial charge in [0, 0.05) is 19.1 Å². The van der Waals surface area contributed by atoms with E-state index in [1.165, 1.54) is 13.2 Å². The third kappa shape index (κ3) is 4.06. The second-order valence-electron chi connectivity index (χ2n) is 5.29. The second-order valence-corrected chi connectivity index (χ2v) is 5.29. The van der Waals surface area contributed by atoms with Gasteiger partial charge in [-0.15, -0.1) is 0 Å². The van der Waals surface area contributed by atoms with Gasteiger partial charge in [0.15, 0.2) is 0 Å². The van der Waals surface area contributed by atoms with Crippen LogP contribution in [0.5, 0.6) is 11.5 Å². The Morgan fingerprint density at radius 1 is 1.35 bits per heavy atom. The first-order valence-corrected chi connectivity index (χ1v) is 7.65. The Kier molecular flexibility index (Phi) is 5.67. The van der Waals surface area contributed by atoms with E-state index in [2.05, 4.69) is 5.32 Å². The number of phenolic OH excluding ortho intramolecular Hbond substituents is 1. The molecule has 2 rings (SSSR count). The van der Waals surface area contributed by atoms with Crippen LogP contribution >= 0.6 is 0 Å². The molecule has 7 heteroatoms. The summed E-state index contributed by atoms with van der Waals surface area (Å²) in [6.45, 7) is 3.18. The summed E-state index contributed by atoms with van der Waals surface area (Å²) in [5, 5.41) is 12.8. The minimum absolute atomic E-state index is 0.0579. The molecule has 2 N–H and O–H groups in total. The van der Waals surface area contributed by atoms with Crippen molar-refractivity contribution >= 4 is 12.0 Å². The Hall–Kier alpha value is -2.44. The molecule has 1 aromatic rings. The van der Waals surface area contributed by atoms with Crippen LogP contribution in [0.25, 0.3) is 0 Å². The standard InChI is InChI=1S/C16H22N2O5/c1-3-23-16(21)18-9-7-11(8-10-18)17-15(20)14-12(19)5-4-6-13(14)22-2/h4-6,11,19H,3,7-10H2,1-2H3,(H,17,20). The number of hydrogen-bond donors (Lipinski definition) is 2. The lowest BCUT2D eigenvalue weighted by molar-refractivity contribution is 0.0856. The Morgan fingerprint density at radius 2 is 2.04 bits per heavy atom. The van der Waals surface area contributed by atoms with Crippen molar-refractivity contribution in [1.29, 1.82) is 0 Å².